The van der Waals surface area contributed by atoms with Crippen LogP contribution in [0.15, 0.2) is 170 Å². The lowest BCUT2D eigenvalue weighted by molar-refractivity contribution is 0.482. The van der Waals surface area contributed by atoms with Gasteiger partial charge in [-0.25, -0.2) is 0 Å². The van der Waals surface area contributed by atoms with Crippen molar-refractivity contribution in [3.8, 4) is 45.1 Å². The molecule has 0 bridgehead atoms. The van der Waals surface area contributed by atoms with Crippen LogP contribution in [-0.4, -0.2) is 9.13 Å². The average Bonchev–Trinajstić information content (AvgIpc) is 3.65. The summed E-state index contributed by atoms with van der Waals surface area (Å²) in [4.78, 5) is 0. The van der Waals surface area contributed by atoms with E-state index in [1.807, 2.05) is 97.1 Å². The fraction of sp³-hybridized carbons (Fsp3) is 0. The van der Waals surface area contributed by atoms with Crippen molar-refractivity contribution in [1.82, 2.24) is 9.13 Å². The Kier molecular flexibility index (Phi) is 5.60. The lowest BCUT2D eigenvalue weighted by Crippen LogP contribution is -1.93. The maximum atomic E-state index is 8.19. The zero-order valence-corrected chi connectivity index (χ0v) is 23.3. The molecule has 0 aliphatic carbocycles. The molecule has 0 radical (unpaired) electrons. The van der Waals surface area contributed by atoms with Crippen LogP contribution in [0.4, 0.5) is 0 Å². The summed E-state index contributed by atoms with van der Waals surface area (Å²) in [6, 6.07) is 49.3. The van der Waals surface area contributed by atoms with Gasteiger partial charge in [-0.2, -0.15) is 0 Å². The Balaban J connectivity index is 1.07. The second-order valence-electron chi connectivity index (χ2n) is 10.5. The van der Waals surface area contributed by atoms with Crippen molar-refractivity contribution in [3.05, 3.63) is 170 Å². The Morgan fingerprint density at radius 3 is 1.26 bits per heavy atom. The van der Waals surface area contributed by atoms with E-state index in [-0.39, 0.29) is 0 Å². The van der Waals surface area contributed by atoms with Gasteiger partial charge in [0.2, 0.25) is 0 Å². The first kappa shape index (κ1) is 22.8. The van der Waals surface area contributed by atoms with E-state index >= 15 is 0 Å². The Morgan fingerprint density at radius 2 is 0.837 bits per heavy atom. The number of hydrogen-bond acceptors (Lipinski definition) is 1. The number of para-hydroxylation sites is 2. The molecule has 8 aromatic rings. The summed E-state index contributed by atoms with van der Waals surface area (Å²) < 4.78 is 27.0. The molecule has 0 saturated heterocycles. The second kappa shape index (κ2) is 10.6. The van der Waals surface area contributed by atoms with Crippen molar-refractivity contribution >= 4 is 21.8 Å². The molecule has 0 N–H and O–H groups in total. The molecule has 8 rings (SSSR count). The molecule has 0 amide bonds. The van der Waals surface area contributed by atoms with E-state index in [9.17, 15) is 0 Å². The fourth-order valence-corrected chi connectivity index (χ4v) is 5.84. The highest BCUT2D eigenvalue weighted by Crippen LogP contribution is 2.35. The summed E-state index contributed by atoms with van der Waals surface area (Å²) in [5, 5.41) is 2.11. The van der Waals surface area contributed by atoms with Crippen LogP contribution in [0.25, 0.3) is 55.4 Å². The molecule has 0 saturated carbocycles. The van der Waals surface area contributed by atoms with Crippen LogP contribution in [-0.2, 0) is 0 Å². The largest absolute Gasteiger partial charge is 0.457 e. The Hall–Kier alpha value is -5.80. The Bertz CT molecular complexity index is 2120. The van der Waals surface area contributed by atoms with Gasteiger partial charge in [-0.3, -0.25) is 0 Å². The van der Waals surface area contributed by atoms with Crippen LogP contribution in [0.5, 0.6) is 11.5 Å². The number of aromatic nitrogens is 2. The van der Waals surface area contributed by atoms with E-state index in [2.05, 4.69) is 70.1 Å². The molecule has 0 unspecified atom stereocenters. The molecule has 0 aliphatic rings. The minimum atomic E-state index is 0.496. The van der Waals surface area contributed by atoms with E-state index in [1.165, 1.54) is 0 Å². The zero-order chi connectivity index (χ0) is 30.3. The molecule has 0 atom stereocenters. The van der Waals surface area contributed by atoms with Crippen LogP contribution in [0.3, 0.4) is 0 Å². The number of fused-ring (bicyclic) bond motifs is 2. The van der Waals surface area contributed by atoms with Crippen LogP contribution < -0.4 is 4.74 Å². The van der Waals surface area contributed by atoms with Gasteiger partial charge in [-0.15, -0.1) is 0 Å². The van der Waals surface area contributed by atoms with Gasteiger partial charge < -0.3 is 13.9 Å². The number of rotatable bonds is 6. The molecule has 3 nitrogen and oxygen atoms in total. The zero-order valence-electron chi connectivity index (χ0n) is 25.3. The van der Waals surface area contributed by atoms with Crippen LogP contribution in [0.2, 0.25) is 0 Å². The van der Waals surface area contributed by atoms with Gasteiger partial charge >= 0.3 is 0 Å². The standard InChI is InChI=1S/C40H28N2O/c1-3-11-29(12-4-1)37-27-41(39-17-9-7-15-35(37)39)31-19-23-33(24-20-31)43-34-25-21-32(22-26-34)42-28-38(30-13-5-2-6-14-30)36-16-8-10-18-40(36)42/h1-28H/i7D,8D. The number of benzene rings is 6. The molecule has 6 aromatic carbocycles. The fourth-order valence-electron chi connectivity index (χ4n) is 5.84. The second-order valence-corrected chi connectivity index (χ2v) is 10.5. The van der Waals surface area contributed by atoms with Crippen molar-refractivity contribution in [2.75, 3.05) is 0 Å². The van der Waals surface area contributed by atoms with Crippen molar-refractivity contribution in [3.63, 3.8) is 0 Å². The summed E-state index contributed by atoms with van der Waals surface area (Å²) >= 11 is 0. The summed E-state index contributed by atoms with van der Waals surface area (Å²) in [7, 11) is 0. The molecule has 43 heavy (non-hydrogen) atoms. The van der Waals surface area contributed by atoms with Crippen LogP contribution in [0.1, 0.15) is 2.74 Å². The van der Waals surface area contributed by atoms with Crippen LogP contribution >= 0.6 is 0 Å². The molecule has 0 aliphatic heterocycles. The normalized spacial score (nSPS) is 11.9. The predicted molar refractivity (Wildman–Crippen MR) is 177 cm³/mol. The van der Waals surface area contributed by atoms with E-state index in [1.54, 1.807) is 0 Å². The van der Waals surface area contributed by atoms with Gasteiger partial charge in [-0.1, -0.05) is 97.0 Å². The third-order valence-electron chi connectivity index (χ3n) is 7.93. The molecular formula is C40H28N2O. The first-order chi connectivity index (χ1) is 22.1. The molecule has 0 spiro atoms. The van der Waals surface area contributed by atoms with Crippen molar-refractivity contribution < 1.29 is 7.48 Å². The maximum absolute atomic E-state index is 8.19. The SMILES string of the molecule is [2H]c1ccc2c(c1)c(-c1ccccc1)cn2-c1ccc(Oc2ccc(-n3cc(-c4ccccc4)c4cc([2H])ccc43)cc2)cc1. The predicted octanol–water partition coefficient (Wildman–Crippen LogP) is 10.7. The smallest absolute Gasteiger partial charge is 0.127 e. The maximum Gasteiger partial charge on any atom is 0.127 e. The molecule has 0 fully saturated rings. The van der Waals surface area contributed by atoms with Gasteiger partial charge in [0.25, 0.3) is 0 Å². The molecule has 3 heteroatoms. The Labute approximate surface area is 253 Å². The monoisotopic (exact) mass is 554 g/mol. The number of ether oxygens (including phenoxy) is 1. The highest BCUT2D eigenvalue weighted by atomic mass is 16.5. The minimum absolute atomic E-state index is 0.496. The lowest BCUT2D eigenvalue weighted by Gasteiger charge is -2.10. The molecule has 2 aromatic heterocycles. The summed E-state index contributed by atoms with van der Waals surface area (Å²) in [6.45, 7) is 0. The van der Waals surface area contributed by atoms with Crippen molar-refractivity contribution in [2.24, 2.45) is 0 Å². The highest BCUT2D eigenvalue weighted by Gasteiger charge is 2.13. The third-order valence-corrected chi connectivity index (χ3v) is 7.93. The summed E-state index contributed by atoms with van der Waals surface area (Å²) in [6.07, 6.45) is 4.29. The highest BCUT2D eigenvalue weighted by molar-refractivity contribution is 5.98. The molecular weight excluding hydrogens is 524 g/mol. The topological polar surface area (TPSA) is 19.1 Å². The Morgan fingerprint density at radius 1 is 0.419 bits per heavy atom. The van der Waals surface area contributed by atoms with E-state index in [0.29, 0.717) is 12.1 Å². The summed E-state index contributed by atoms with van der Waals surface area (Å²) in [5.41, 5.74) is 8.61. The summed E-state index contributed by atoms with van der Waals surface area (Å²) in [5.74, 6) is 1.50. The van der Waals surface area contributed by atoms with Gasteiger partial charge in [-0.05, 0) is 71.8 Å². The molecule has 204 valence electrons. The van der Waals surface area contributed by atoms with Crippen molar-refractivity contribution in [1.29, 1.82) is 0 Å². The van der Waals surface area contributed by atoms with Gasteiger partial charge in [0.15, 0.2) is 0 Å². The quantitative estimate of drug-likeness (QED) is 0.200. The van der Waals surface area contributed by atoms with Crippen LogP contribution in [0, 0.1) is 0 Å². The number of nitrogens with zero attached hydrogens (tertiary/aromatic N) is 2. The van der Waals surface area contributed by atoms with E-state index in [0.717, 1.165) is 66.9 Å². The average molecular weight is 555 g/mol. The first-order valence-electron chi connectivity index (χ1n) is 15.3. The molecule has 2 heterocycles. The minimum Gasteiger partial charge on any atom is -0.457 e. The number of hydrogen-bond donors (Lipinski definition) is 0. The first-order valence-corrected chi connectivity index (χ1v) is 14.3. The van der Waals surface area contributed by atoms with Crippen molar-refractivity contribution in [2.45, 2.75) is 0 Å². The third kappa shape index (κ3) is 4.58. The van der Waals surface area contributed by atoms with E-state index in [4.69, 9.17) is 7.48 Å². The van der Waals surface area contributed by atoms with Gasteiger partial charge in [0.1, 0.15) is 11.5 Å². The van der Waals surface area contributed by atoms with Gasteiger partial charge in [0, 0.05) is 45.7 Å². The lowest BCUT2D eigenvalue weighted by atomic mass is 10.1. The van der Waals surface area contributed by atoms with Gasteiger partial charge in [0.05, 0.1) is 13.8 Å². The van der Waals surface area contributed by atoms with E-state index < -0.39 is 0 Å².